The maximum absolute atomic E-state index is 12.1. The number of methoxy groups -OCH3 is 1. The van der Waals surface area contributed by atoms with Gasteiger partial charge >= 0.3 is 0 Å². The number of aromatic nitrogens is 3. The molecule has 2 aromatic heterocycles. The van der Waals surface area contributed by atoms with E-state index in [2.05, 4.69) is 14.2 Å². The van der Waals surface area contributed by atoms with Gasteiger partial charge in [0, 0.05) is 18.8 Å². The minimum atomic E-state index is -3.63. The predicted molar refractivity (Wildman–Crippen MR) is 72.0 cm³/mol. The molecule has 19 heavy (non-hydrogen) atoms. The number of hydrogen-bond acceptors (Lipinski definition) is 6. The van der Waals surface area contributed by atoms with E-state index in [4.69, 9.17) is 4.74 Å². The third kappa shape index (κ3) is 3.24. The van der Waals surface area contributed by atoms with E-state index in [1.807, 2.05) is 6.92 Å². The first-order valence-electron chi connectivity index (χ1n) is 5.61. The molecule has 0 saturated heterocycles. The van der Waals surface area contributed by atoms with Gasteiger partial charge in [0.15, 0.2) is 4.21 Å². The Morgan fingerprint density at radius 1 is 1.53 bits per heavy atom. The fraction of sp³-hybridized carbons (Fsp3) is 0.400. The van der Waals surface area contributed by atoms with Gasteiger partial charge in [-0.3, -0.25) is 9.40 Å². The number of anilines is 1. The lowest BCUT2D eigenvalue weighted by molar-refractivity contribution is 0.402. The van der Waals surface area contributed by atoms with Gasteiger partial charge in [0.2, 0.25) is 5.88 Å². The molecule has 0 amide bonds. The molecule has 0 unspecified atom stereocenters. The third-order valence-corrected chi connectivity index (χ3v) is 4.88. The summed E-state index contributed by atoms with van der Waals surface area (Å²) in [7, 11) is -2.19. The molecule has 2 heterocycles. The van der Waals surface area contributed by atoms with Crippen LogP contribution in [0.1, 0.15) is 13.3 Å². The van der Waals surface area contributed by atoms with Crippen molar-refractivity contribution in [3.8, 4) is 5.88 Å². The zero-order valence-corrected chi connectivity index (χ0v) is 12.2. The highest BCUT2D eigenvalue weighted by Gasteiger charge is 2.19. The van der Waals surface area contributed by atoms with E-state index in [9.17, 15) is 8.42 Å². The lowest BCUT2D eigenvalue weighted by Gasteiger charge is -2.01. The van der Waals surface area contributed by atoms with Crippen molar-refractivity contribution in [3.63, 3.8) is 0 Å². The van der Waals surface area contributed by atoms with Crippen molar-refractivity contribution >= 4 is 27.2 Å². The van der Waals surface area contributed by atoms with Crippen molar-refractivity contribution in [3.05, 3.63) is 18.5 Å². The molecule has 0 saturated carbocycles. The average molecular weight is 302 g/mol. The molecule has 2 aromatic rings. The van der Waals surface area contributed by atoms with E-state index in [-0.39, 0.29) is 10.1 Å². The Morgan fingerprint density at radius 2 is 2.32 bits per heavy atom. The Hall–Kier alpha value is -1.61. The average Bonchev–Trinajstić information content (AvgIpc) is 2.98. The SMILES string of the molecule is CCCn1cc(NS(=O)(=O)c2cc(OC)ns2)cn1. The minimum absolute atomic E-state index is 0.104. The molecule has 0 aliphatic carbocycles. The number of nitrogens with one attached hydrogen (secondary N) is 1. The van der Waals surface area contributed by atoms with Gasteiger partial charge in [0.05, 0.1) is 19.0 Å². The van der Waals surface area contributed by atoms with Crippen LogP contribution in [-0.2, 0) is 16.6 Å². The molecule has 0 atom stereocenters. The van der Waals surface area contributed by atoms with Gasteiger partial charge in [-0.2, -0.15) is 9.47 Å². The first-order chi connectivity index (χ1) is 9.05. The lowest BCUT2D eigenvalue weighted by Crippen LogP contribution is -2.10. The van der Waals surface area contributed by atoms with Gasteiger partial charge in [-0.05, 0) is 18.0 Å². The number of ether oxygens (including phenoxy) is 1. The number of nitrogens with zero attached hydrogens (tertiary/aromatic N) is 3. The van der Waals surface area contributed by atoms with Crippen LogP contribution in [0.15, 0.2) is 22.7 Å². The quantitative estimate of drug-likeness (QED) is 0.875. The highest BCUT2D eigenvalue weighted by atomic mass is 32.2. The smallest absolute Gasteiger partial charge is 0.273 e. The molecule has 104 valence electrons. The molecular formula is C10H14N4O3S2. The second-order valence-electron chi connectivity index (χ2n) is 3.79. The Kier molecular flexibility index (Phi) is 4.05. The summed E-state index contributed by atoms with van der Waals surface area (Å²) >= 11 is 0.865. The minimum Gasteiger partial charge on any atom is -0.480 e. The second-order valence-corrected chi connectivity index (χ2v) is 6.50. The van der Waals surface area contributed by atoms with Crippen molar-refractivity contribution in [2.24, 2.45) is 0 Å². The monoisotopic (exact) mass is 302 g/mol. The number of aryl methyl sites for hydroxylation is 1. The van der Waals surface area contributed by atoms with Gasteiger partial charge in [-0.15, -0.1) is 0 Å². The van der Waals surface area contributed by atoms with Crippen LogP contribution in [0, 0.1) is 0 Å². The summed E-state index contributed by atoms with van der Waals surface area (Å²) in [6.45, 7) is 2.77. The van der Waals surface area contributed by atoms with Crippen LogP contribution in [0.4, 0.5) is 5.69 Å². The molecule has 0 bridgehead atoms. The molecule has 0 radical (unpaired) electrons. The van der Waals surface area contributed by atoms with E-state index >= 15 is 0 Å². The zero-order chi connectivity index (χ0) is 13.9. The summed E-state index contributed by atoms with van der Waals surface area (Å²) in [6, 6.07) is 1.38. The third-order valence-electron chi connectivity index (χ3n) is 2.28. The first-order valence-corrected chi connectivity index (χ1v) is 7.87. The number of sulfonamides is 1. The van der Waals surface area contributed by atoms with Crippen LogP contribution in [0.5, 0.6) is 5.88 Å². The molecule has 0 spiro atoms. The molecule has 7 nitrogen and oxygen atoms in total. The molecule has 1 N–H and O–H groups in total. The Balaban J connectivity index is 2.15. The summed E-state index contributed by atoms with van der Waals surface area (Å²) < 4.78 is 37.1. The second kappa shape index (κ2) is 5.57. The van der Waals surface area contributed by atoms with Gasteiger partial charge in [0.25, 0.3) is 10.0 Å². The normalized spacial score (nSPS) is 11.5. The Labute approximate surface area is 115 Å². The van der Waals surface area contributed by atoms with E-state index in [1.54, 1.807) is 10.9 Å². The van der Waals surface area contributed by atoms with Crippen LogP contribution in [-0.4, -0.2) is 29.7 Å². The van der Waals surface area contributed by atoms with Gasteiger partial charge < -0.3 is 4.74 Å². The van der Waals surface area contributed by atoms with E-state index in [1.165, 1.54) is 19.4 Å². The largest absolute Gasteiger partial charge is 0.480 e. The summed E-state index contributed by atoms with van der Waals surface area (Å²) in [5.41, 5.74) is 0.431. The van der Waals surface area contributed by atoms with Crippen molar-refractivity contribution in [2.45, 2.75) is 24.1 Å². The van der Waals surface area contributed by atoms with Crippen LogP contribution in [0.3, 0.4) is 0 Å². The van der Waals surface area contributed by atoms with Crippen molar-refractivity contribution in [2.75, 3.05) is 11.8 Å². The van der Waals surface area contributed by atoms with Crippen LogP contribution in [0.2, 0.25) is 0 Å². The standard InChI is InChI=1S/C10H14N4O3S2/c1-3-4-14-7-8(6-11-14)13-19(15,16)10-5-9(17-2)12-18-10/h5-7,13H,3-4H2,1-2H3. The maximum atomic E-state index is 12.1. The van der Waals surface area contributed by atoms with Gasteiger partial charge in [-0.1, -0.05) is 6.92 Å². The summed E-state index contributed by atoms with van der Waals surface area (Å²) in [5, 5.41) is 4.06. The maximum Gasteiger partial charge on any atom is 0.273 e. The Morgan fingerprint density at radius 3 is 2.95 bits per heavy atom. The van der Waals surface area contributed by atoms with E-state index < -0.39 is 10.0 Å². The molecule has 9 heteroatoms. The van der Waals surface area contributed by atoms with Crippen molar-refractivity contribution in [1.29, 1.82) is 0 Å². The predicted octanol–water partition coefficient (Wildman–Crippen LogP) is 1.56. The summed E-state index contributed by atoms with van der Waals surface area (Å²) in [6.07, 6.45) is 4.06. The van der Waals surface area contributed by atoms with E-state index in [0.29, 0.717) is 5.69 Å². The van der Waals surface area contributed by atoms with Gasteiger partial charge in [0.1, 0.15) is 0 Å². The molecule has 0 fully saturated rings. The number of rotatable bonds is 6. The highest BCUT2D eigenvalue weighted by molar-refractivity contribution is 7.94. The van der Waals surface area contributed by atoms with Crippen LogP contribution in [0.25, 0.3) is 0 Å². The summed E-state index contributed by atoms with van der Waals surface area (Å²) in [4.78, 5) is 0. The van der Waals surface area contributed by atoms with Crippen molar-refractivity contribution < 1.29 is 13.2 Å². The molecule has 2 rings (SSSR count). The first kappa shape index (κ1) is 13.8. The fourth-order valence-corrected chi connectivity index (χ4v) is 3.30. The topological polar surface area (TPSA) is 86.1 Å². The fourth-order valence-electron chi connectivity index (χ4n) is 1.44. The molecule has 0 aliphatic rings. The summed E-state index contributed by atoms with van der Waals surface area (Å²) in [5.74, 6) is 0.284. The van der Waals surface area contributed by atoms with Crippen LogP contribution < -0.4 is 9.46 Å². The van der Waals surface area contributed by atoms with Gasteiger partial charge in [-0.25, -0.2) is 8.42 Å². The highest BCUT2D eigenvalue weighted by Crippen LogP contribution is 2.23. The lowest BCUT2D eigenvalue weighted by atomic mass is 10.5. The molecule has 0 aromatic carbocycles. The number of hydrogen-bond donors (Lipinski definition) is 1. The van der Waals surface area contributed by atoms with Crippen molar-refractivity contribution in [1.82, 2.24) is 14.2 Å². The van der Waals surface area contributed by atoms with Crippen LogP contribution >= 0.6 is 11.5 Å². The zero-order valence-electron chi connectivity index (χ0n) is 10.5. The van der Waals surface area contributed by atoms with E-state index in [0.717, 1.165) is 24.5 Å². The Bertz CT molecular complexity index is 647. The molecule has 0 aliphatic heterocycles. The molecular weight excluding hydrogens is 288 g/mol.